The molecule has 0 spiro atoms. The molecule has 0 fully saturated rings. The molecule has 0 saturated heterocycles. The minimum Gasteiger partial charge on any atom is -0.288 e. The summed E-state index contributed by atoms with van der Waals surface area (Å²) >= 11 is 11.9. The molecule has 0 aliphatic carbocycles. The monoisotopic (exact) mass is 400 g/mol. The van der Waals surface area contributed by atoms with Gasteiger partial charge in [-0.3, -0.25) is 9.48 Å². The van der Waals surface area contributed by atoms with Crippen molar-refractivity contribution in [2.45, 2.75) is 6.18 Å². The summed E-state index contributed by atoms with van der Waals surface area (Å²) in [6.07, 6.45) is -2.05. The number of carbonyl (C=O) groups is 1. The number of rotatable bonds is 3. The van der Waals surface area contributed by atoms with Crippen LogP contribution in [0.15, 0.2) is 36.8 Å². The van der Waals surface area contributed by atoms with Gasteiger partial charge in [-0.1, -0.05) is 35.3 Å². The lowest BCUT2D eigenvalue weighted by molar-refractivity contribution is -0.137. The van der Waals surface area contributed by atoms with Crippen LogP contribution < -0.4 is 0 Å². The summed E-state index contributed by atoms with van der Waals surface area (Å²) in [4.78, 5) is 20.3. The van der Waals surface area contributed by atoms with Gasteiger partial charge < -0.3 is 0 Å². The molecule has 3 aromatic rings. The largest absolute Gasteiger partial charge is 0.416 e. The maximum atomic E-state index is 12.8. The quantitative estimate of drug-likeness (QED) is 0.481. The molecule has 0 radical (unpaired) electrons. The topological polar surface area (TPSA) is 60.7 Å². The SMILES string of the molecule is Cn1ncc(C(=O)c2c(Cl)ncnc2Cl)c1-c1ccc(C(F)(F)F)cc1. The van der Waals surface area contributed by atoms with Crippen LogP contribution in [-0.2, 0) is 13.2 Å². The van der Waals surface area contributed by atoms with E-state index >= 15 is 0 Å². The Morgan fingerprint density at radius 1 is 1.08 bits per heavy atom. The van der Waals surface area contributed by atoms with Gasteiger partial charge in [0.1, 0.15) is 16.6 Å². The first-order valence-electron chi connectivity index (χ1n) is 7.10. The Hall–Kier alpha value is -2.45. The van der Waals surface area contributed by atoms with Crippen molar-refractivity contribution in [3.8, 4) is 11.3 Å². The molecule has 0 saturated carbocycles. The average molecular weight is 401 g/mol. The minimum absolute atomic E-state index is 0.100. The predicted octanol–water partition coefficient (Wildman–Crippen LogP) is 4.43. The molecule has 0 aliphatic rings. The molecule has 10 heteroatoms. The summed E-state index contributed by atoms with van der Waals surface area (Å²) in [7, 11) is 1.56. The number of alkyl halides is 3. The molecule has 0 N–H and O–H groups in total. The Balaban J connectivity index is 2.09. The zero-order valence-corrected chi connectivity index (χ0v) is 14.6. The fourth-order valence-electron chi connectivity index (χ4n) is 2.43. The van der Waals surface area contributed by atoms with Gasteiger partial charge in [0.05, 0.1) is 28.6 Å². The van der Waals surface area contributed by atoms with Crippen LogP contribution in [0.3, 0.4) is 0 Å². The Kier molecular flexibility index (Phi) is 4.72. The van der Waals surface area contributed by atoms with Crippen LogP contribution >= 0.6 is 23.2 Å². The summed E-state index contributed by atoms with van der Waals surface area (Å²) in [5, 5.41) is 3.76. The van der Waals surface area contributed by atoms with Gasteiger partial charge in [-0.25, -0.2) is 9.97 Å². The second kappa shape index (κ2) is 6.69. The molecule has 0 bridgehead atoms. The molecule has 1 aromatic carbocycles. The Morgan fingerprint density at radius 2 is 1.65 bits per heavy atom. The van der Waals surface area contributed by atoms with Crippen molar-refractivity contribution in [1.29, 1.82) is 0 Å². The second-order valence-corrected chi connectivity index (χ2v) is 5.98. The number of carbonyl (C=O) groups excluding carboxylic acids is 1. The Morgan fingerprint density at radius 3 is 2.19 bits per heavy atom. The van der Waals surface area contributed by atoms with Crippen LogP contribution in [0.1, 0.15) is 21.5 Å². The van der Waals surface area contributed by atoms with Gasteiger partial charge in [0.2, 0.25) is 5.78 Å². The van der Waals surface area contributed by atoms with E-state index in [2.05, 4.69) is 15.1 Å². The maximum absolute atomic E-state index is 12.8. The third-order valence-electron chi connectivity index (χ3n) is 3.65. The highest BCUT2D eigenvalue weighted by atomic mass is 35.5. The van der Waals surface area contributed by atoms with E-state index in [1.807, 2.05) is 0 Å². The molecule has 3 rings (SSSR count). The fraction of sp³-hybridized carbons (Fsp3) is 0.125. The van der Waals surface area contributed by atoms with E-state index in [9.17, 15) is 18.0 Å². The number of nitrogens with zero attached hydrogens (tertiary/aromatic N) is 4. The van der Waals surface area contributed by atoms with Gasteiger partial charge in [0.15, 0.2) is 0 Å². The first kappa shape index (κ1) is 18.3. The lowest BCUT2D eigenvalue weighted by Crippen LogP contribution is -2.08. The Bertz CT molecular complexity index is 964. The van der Waals surface area contributed by atoms with Gasteiger partial charge >= 0.3 is 6.18 Å². The van der Waals surface area contributed by atoms with Crippen molar-refractivity contribution in [3.05, 3.63) is 63.8 Å². The highest BCUT2D eigenvalue weighted by Gasteiger charge is 2.30. The first-order valence-corrected chi connectivity index (χ1v) is 7.86. The highest BCUT2D eigenvalue weighted by Crippen LogP contribution is 2.33. The number of aryl methyl sites for hydroxylation is 1. The van der Waals surface area contributed by atoms with E-state index in [0.717, 1.165) is 18.5 Å². The molecular weight excluding hydrogens is 392 g/mol. The van der Waals surface area contributed by atoms with E-state index in [-0.39, 0.29) is 21.4 Å². The number of halogens is 5. The van der Waals surface area contributed by atoms with Crippen molar-refractivity contribution in [2.75, 3.05) is 0 Å². The third-order valence-corrected chi connectivity index (χ3v) is 4.22. The number of benzene rings is 1. The van der Waals surface area contributed by atoms with E-state index in [1.54, 1.807) is 7.05 Å². The van der Waals surface area contributed by atoms with Crippen LogP contribution in [0.4, 0.5) is 13.2 Å². The van der Waals surface area contributed by atoms with Crippen molar-refractivity contribution in [2.24, 2.45) is 7.05 Å². The normalized spacial score (nSPS) is 11.6. The average Bonchev–Trinajstić information content (AvgIpc) is 2.95. The standard InChI is InChI=1S/C16H9Cl2F3N4O/c1-25-12(8-2-4-9(5-3-8)16(19,20)21)10(6-24-25)13(26)11-14(17)22-7-23-15(11)18/h2-7H,1H3. The minimum atomic E-state index is -4.45. The summed E-state index contributed by atoms with van der Waals surface area (Å²) in [6.45, 7) is 0. The number of ketones is 1. The van der Waals surface area contributed by atoms with Gasteiger partial charge in [0, 0.05) is 12.6 Å². The van der Waals surface area contributed by atoms with Crippen LogP contribution in [0.25, 0.3) is 11.3 Å². The van der Waals surface area contributed by atoms with Gasteiger partial charge in [0.25, 0.3) is 0 Å². The van der Waals surface area contributed by atoms with Crippen molar-refractivity contribution >= 4 is 29.0 Å². The summed E-state index contributed by atoms with van der Waals surface area (Å²) in [5.74, 6) is -0.580. The lowest BCUT2D eigenvalue weighted by atomic mass is 10.0. The van der Waals surface area contributed by atoms with Gasteiger partial charge in [-0.05, 0) is 12.1 Å². The van der Waals surface area contributed by atoms with Gasteiger partial charge in [-0.15, -0.1) is 0 Å². The summed E-state index contributed by atoms with van der Waals surface area (Å²) < 4.78 is 39.6. The van der Waals surface area contributed by atoms with E-state index in [0.29, 0.717) is 11.3 Å². The first-order chi connectivity index (χ1) is 12.2. The number of hydrogen-bond donors (Lipinski definition) is 0. The molecular formula is C16H9Cl2F3N4O. The molecule has 0 unspecified atom stereocenters. The van der Waals surface area contributed by atoms with Crippen LogP contribution in [-0.4, -0.2) is 25.5 Å². The van der Waals surface area contributed by atoms with Gasteiger partial charge in [-0.2, -0.15) is 18.3 Å². The number of aromatic nitrogens is 4. The van der Waals surface area contributed by atoms with E-state index in [1.165, 1.54) is 23.0 Å². The zero-order chi connectivity index (χ0) is 19.1. The molecule has 0 atom stereocenters. The van der Waals surface area contributed by atoms with E-state index in [4.69, 9.17) is 23.2 Å². The Labute approximate surface area is 155 Å². The molecule has 5 nitrogen and oxygen atoms in total. The number of hydrogen-bond acceptors (Lipinski definition) is 4. The molecule has 26 heavy (non-hydrogen) atoms. The zero-order valence-electron chi connectivity index (χ0n) is 13.1. The van der Waals surface area contributed by atoms with Crippen LogP contribution in [0.5, 0.6) is 0 Å². The van der Waals surface area contributed by atoms with Crippen molar-refractivity contribution in [1.82, 2.24) is 19.7 Å². The van der Waals surface area contributed by atoms with Crippen molar-refractivity contribution < 1.29 is 18.0 Å². The highest BCUT2D eigenvalue weighted by molar-refractivity contribution is 6.39. The molecule has 134 valence electrons. The summed E-state index contributed by atoms with van der Waals surface area (Å²) in [5.41, 5.74) is -0.0770. The predicted molar refractivity (Wildman–Crippen MR) is 89.1 cm³/mol. The van der Waals surface area contributed by atoms with Crippen molar-refractivity contribution in [3.63, 3.8) is 0 Å². The van der Waals surface area contributed by atoms with E-state index < -0.39 is 17.5 Å². The fourth-order valence-corrected chi connectivity index (χ4v) is 2.92. The molecule has 2 aromatic heterocycles. The summed E-state index contributed by atoms with van der Waals surface area (Å²) in [6, 6.07) is 4.40. The smallest absolute Gasteiger partial charge is 0.288 e. The third kappa shape index (κ3) is 3.30. The lowest BCUT2D eigenvalue weighted by Gasteiger charge is -2.10. The second-order valence-electron chi connectivity index (χ2n) is 5.26. The maximum Gasteiger partial charge on any atom is 0.416 e. The molecule has 0 amide bonds. The van der Waals surface area contributed by atoms with Crippen LogP contribution in [0.2, 0.25) is 10.3 Å². The molecule has 0 aliphatic heterocycles. The molecule has 2 heterocycles. The van der Waals surface area contributed by atoms with Crippen LogP contribution in [0, 0.1) is 0 Å².